The summed E-state index contributed by atoms with van der Waals surface area (Å²) >= 11 is 0. The number of ether oxygens (including phenoxy) is 1. The predicted octanol–water partition coefficient (Wildman–Crippen LogP) is 7.57. The number of hydrogen-bond acceptors (Lipinski definition) is 3. The summed E-state index contributed by atoms with van der Waals surface area (Å²) in [6.45, 7) is 3.05. The Morgan fingerprint density at radius 1 is 0.517 bits per heavy atom. The zero-order chi connectivity index (χ0) is 21.3. The molecule has 0 saturated carbocycles. The average Bonchev–Trinajstić information content (AvgIpc) is 2.74. The van der Waals surface area contributed by atoms with E-state index in [1.54, 1.807) is 0 Å². The maximum absolute atomic E-state index is 9.15. The molecule has 0 heterocycles. The summed E-state index contributed by atoms with van der Waals surface area (Å²) in [4.78, 5) is 0. The molecule has 0 bridgehead atoms. The molecule has 1 unspecified atom stereocenters. The molecule has 3 nitrogen and oxygen atoms in total. The van der Waals surface area contributed by atoms with E-state index >= 15 is 0 Å². The van der Waals surface area contributed by atoms with Crippen molar-refractivity contribution in [3.63, 3.8) is 0 Å². The van der Waals surface area contributed by atoms with E-state index in [1.165, 1.54) is 128 Å². The van der Waals surface area contributed by atoms with E-state index in [0.29, 0.717) is 6.61 Å². The summed E-state index contributed by atoms with van der Waals surface area (Å²) in [5.41, 5.74) is 0. The van der Waals surface area contributed by atoms with E-state index in [9.17, 15) is 0 Å². The van der Waals surface area contributed by atoms with Crippen LogP contribution in [0.3, 0.4) is 0 Å². The first-order valence-corrected chi connectivity index (χ1v) is 13.2. The normalized spacial score (nSPS) is 12.5. The quantitative estimate of drug-likeness (QED) is 0.151. The third kappa shape index (κ3) is 25.8. The Morgan fingerprint density at radius 2 is 0.828 bits per heavy atom. The Kier molecular flexibility index (Phi) is 25.8. The molecule has 0 saturated heterocycles. The van der Waals surface area contributed by atoms with Crippen molar-refractivity contribution in [2.75, 3.05) is 19.8 Å². The molecule has 0 aliphatic carbocycles. The molecule has 3 heteroatoms. The fourth-order valence-electron chi connectivity index (χ4n) is 3.91. The monoisotopic (exact) mass is 414 g/mol. The van der Waals surface area contributed by atoms with Gasteiger partial charge in [0.25, 0.3) is 0 Å². The molecule has 0 rings (SSSR count). The molecule has 2 N–H and O–H groups in total. The van der Waals surface area contributed by atoms with Gasteiger partial charge in [0.15, 0.2) is 0 Å². The lowest BCUT2D eigenvalue weighted by molar-refractivity contribution is 0.00526. The van der Waals surface area contributed by atoms with Crippen LogP contribution in [0.5, 0.6) is 0 Å². The SMILES string of the molecule is CCCCCCCCCCCCCCCCCCCCCCCOCC(O)CO. The first-order valence-electron chi connectivity index (χ1n) is 13.2. The van der Waals surface area contributed by atoms with E-state index in [1.807, 2.05) is 0 Å². The van der Waals surface area contributed by atoms with Crippen LogP contribution in [0.1, 0.15) is 142 Å². The fraction of sp³-hybridized carbons (Fsp3) is 1.00. The zero-order valence-corrected chi connectivity index (χ0v) is 19.9. The third-order valence-electron chi connectivity index (χ3n) is 5.91. The Balaban J connectivity index is 3.00. The van der Waals surface area contributed by atoms with Gasteiger partial charge in [-0.1, -0.05) is 135 Å². The standard InChI is InChI=1S/C26H54O3/c1-2-3-4-5-6-7-8-9-10-11-12-13-14-15-16-17-18-19-20-21-22-23-29-25-26(28)24-27/h26-28H,2-25H2,1H3. The van der Waals surface area contributed by atoms with Crippen LogP contribution in [0, 0.1) is 0 Å². The minimum atomic E-state index is -0.718. The largest absolute Gasteiger partial charge is 0.394 e. The number of rotatable bonds is 25. The van der Waals surface area contributed by atoms with E-state index in [-0.39, 0.29) is 13.2 Å². The molecule has 29 heavy (non-hydrogen) atoms. The van der Waals surface area contributed by atoms with Gasteiger partial charge in [-0.05, 0) is 6.42 Å². The molecule has 0 fully saturated rings. The minimum absolute atomic E-state index is 0.209. The number of aliphatic hydroxyl groups excluding tert-OH is 2. The molecule has 0 aromatic carbocycles. The molecule has 0 radical (unpaired) electrons. The molecule has 0 aliphatic heterocycles. The minimum Gasteiger partial charge on any atom is -0.394 e. The van der Waals surface area contributed by atoms with Crippen LogP contribution < -0.4 is 0 Å². The third-order valence-corrected chi connectivity index (χ3v) is 5.91. The maximum Gasteiger partial charge on any atom is 0.100 e. The molecule has 0 aliphatic rings. The highest BCUT2D eigenvalue weighted by atomic mass is 16.5. The van der Waals surface area contributed by atoms with Gasteiger partial charge in [0.2, 0.25) is 0 Å². The summed E-state index contributed by atoms with van der Waals surface area (Å²) in [6, 6.07) is 0. The Labute approximate surface area is 183 Å². The number of hydrogen-bond donors (Lipinski definition) is 2. The van der Waals surface area contributed by atoms with Gasteiger partial charge >= 0.3 is 0 Å². The molecule has 0 amide bonds. The molecular formula is C26H54O3. The summed E-state index contributed by atoms with van der Waals surface area (Å²) in [7, 11) is 0. The Hall–Kier alpha value is -0.120. The van der Waals surface area contributed by atoms with Gasteiger partial charge in [0.05, 0.1) is 13.2 Å². The second-order valence-electron chi connectivity index (χ2n) is 8.98. The first-order chi connectivity index (χ1) is 14.3. The molecule has 0 spiro atoms. The van der Waals surface area contributed by atoms with E-state index < -0.39 is 6.10 Å². The first kappa shape index (κ1) is 28.9. The van der Waals surface area contributed by atoms with Crippen molar-refractivity contribution in [2.45, 2.75) is 148 Å². The van der Waals surface area contributed by atoms with Crippen molar-refractivity contribution in [3.05, 3.63) is 0 Å². The summed E-state index contributed by atoms with van der Waals surface area (Å²) in [5.74, 6) is 0. The van der Waals surface area contributed by atoms with Crippen LogP contribution in [-0.2, 0) is 4.74 Å². The van der Waals surface area contributed by atoms with Gasteiger partial charge in [0, 0.05) is 6.61 Å². The molecule has 0 aromatic rings. The second kappa shape index (κ2) is 25.9. The maximum atomic E-state index is 9.15. The van der Waals surface area contributed by atoms with E-state index in [2.05, 4.69) is 6.92 Å². The lowest BCUT2D eigenvalue weighted by Crippen LogP contribution is -2.19. The van der Waals surface area contributed by atoms with Crippen molar-refractivity contribution in [2.24, 2.45) is 0 Å². The van der Waals surface area contributed by atoms with Crippen LogP contribution in [0.4, 0.5) is 0 Å². The van der Waals surface area contributed by atoms with Crippen molar-refractivity contribution in [1.82, 2.24) is 0 Å². The molecule has 0 aromatic heterocycles. The van der Waals surface area contributed by atoms with Crippen LogP contribution in [0.25, 0.3) is 0 Å². The highest BCUT2D eigenvalue weighted by Crippen LogP contribution is 2.15. The fourth-order valence-corrected chi connectivity index (χ4v) is 3.91. The molecule has 176 valence electrons. The summed E-state index contributed by atoms with van der Waals surface area (Å²) < 4.78 is 5.32. The van der Waals surface area contributed by atoms with E-state index in [4.69, 9.17) is 14.9 Å². The Morgan fingerprint density at radius 3 is 1.14 bits per heavy atom. The number of aliphatic hydroxyl groups is 2. The van der Waals surface area contributed by atoms with Crippen molar-refractivity contribution >= 4 is 0 Å². The van der Waals surface area contributed by atoms with Gasteiger partial charge in [0.1, 0.15) is 6.10 Å². The lowest BCUT2D eigenvalue weighted by Gasteiger charge is -2.08. The van der Waals surface area contributed by atoms with Crippen molar-refractivity contribution in [3.8, 4) is 0 Å². The second-order valence-corrected chi connectivity index (χ2v) is 8.98. The van der Waals surface area contributed by atoms with Gasteiger partial charge < -0.3 is 14.9 Å². The van der Waals surface area contributed by atoms with Crippen LogP contribution in [0.2, 0.25) is 0 Å². The molecular weight excluding hydrogens is 360 g/mol. The lowest BCUT2D eigenvalue weighted by atomic mass is 10.0. The van der Waals surface area contributed by atoms with E-state index in [0.717, 1.165) is 6.42 Å². The van der Waals surface area contributed by atoms with Crippen LogP contribution >= 0.6 is 0 Å². The zero-order valence-electron chi connectivity index (χ0n) is 19.9. The summed E-state index contributed by atoms with van der Waals surface area (Å²) in [5, 5.41) is 17.8. The van der Waals surface area contributed by atoms with Gasteiger partial charge in [-0.25, -0.2) is 0 Å². The smallest absolute Gasteiger partial charge is 0.100 e. The van der Waals surface area contributed by atoms with Crippen molar-refractivity contribution in [1.29, 1.82) is 0 Å². The van der Waals surface area contributed by atoms with Crippen LogP contribution in [-0.4, -0.2) is 36.1 Å². The Bertz CT molecular complexity index is 283. The number of unbranched alkanes of at least 4 members (excludes halogenated alkanes) is 20. The van der Waals surface area contributed by atoms with Gasteiger partial charge in [-0.15, -0.1) is 0 Å². The highest BCUT2D eigenvalue weighted by molar-refractivity contribution is 4.52. The average molecular weight is 415 g/mol. The van der Waals surface area contributed by atoms with Gasteiger partial charge in [-0.3, -0.25) is 0 Å². The van der Waals surface area contributed by atoms with Crippen molar-refractivity contribution < 1.29 is 14.9 Å². The predicted molar refractivity (Wildman–Crippen MR) is 127 cm³/mol. The topological polar surface area (TPSA) is 49.7 Å². The summed E-state index contributed by atoms with van der Waals surface area (Å²) in [6.07, 6.45) is 28.6. The van der Waals surface area contributed by atoms with Gasteiger partial charge in [-0.2, -0.15) is 0 Å². The molecule has 1 atom stereocenters. The highest BCUT2D eigenvalue weighted by Gasteiger charge is 2.00. The van der Waals surface area contributed by atoms with Crippen LogP contribution in [0.15, 0.2) is 0 Å².